The van der Waals surface area contributed by atoms with Crippen molar-refractivity contribution in [2.24, 2.45) is 5.73 Å². The fourth-order valence-electron chi connectivity index (χ4n) is 2.21. The first-order valence-corrected chi connectivity index (χ1v) is 7.37. The van der Waals surface area contributed by atoms with E-state index in [1.54, 1.807) is 13.2 Å². The Kier molecular flexibility index (Phi) is 5.20. The number of ether oxygens (including phenoxy) is 1. The van der Waals surface area contributed by atoms with Gasteiger partial charge in [0.05, 0.1) is 17.3 Å². The lowest BCUT2D eigenvalue weighted by Gasteiger charge is -2.22. The van der Waals surface area contributed by atoms with Gasteiger partial charge in [-0.05, 0) is 33.6 Å². The van der Waals surface area contributed by atoms with Gasteiger partial charge in [-0.2, -0.15) is 0 Å². The van der Waals surface area contributed by atoms with Crippen LogP contribution in [0, 0.1) is 5.82 Å². The summed E-state index contributed by atoms with van der Waals surface area (Å²) < 4.78 is 20.2. The molecule has 0 aromatic heterocycles. The average molecular weight is 353 g/mol. The van der Waals surface area contributed by atoms with Crippen molar-refractivity contribution in [2.75, 3.05) is 19.1 Å². The number of benzene rings is 2. The van der Waals surface area contributed by atoms with Gasteiger partial charge in [-0.1, -0.05) is 24.3 Å². The molecule has 0 saturated heterocycles. The predicted octanol–water partition coefficient (Wildman–Crippen LogP) is 3.69. The largest absolute Gasteiger partial charge is 0.496 e. The number of hydrogen-bond acceptors (Lipinski definition) is 3. The Morgan fingerprint density at radius 2 is 1.90 bits per heavy atom. The molecule has 0 amide bonds. The van der Waals surface area contributed by atoms with Crippen LogP contribution in [0.25, 0.3) is 0 Å². The molecule has 0 bridgehead atoms. The topological polar surface area (TPSA) is 38.5 Å². The van der Waals surface area contributed by atoms with E-state index >= 15 is 0 Å². The number of methoxy groups -OCH3 is 1. The monoisotopic (exact) mass is 352 g/mol. The molecule has 2 N–H and O–H groups in total. The van der Waals surface area contributed by atoms with Crippen LogP contribution in [-0.2, 0) is 13.1 Å². The van der Waals surface area contributed by atoms with Crippen LogP contribution in [0.5, 0.6) is 5.75 Å². The molecule has 3 nitrogen and oxygen atoms in total. The fraction of sp³-hybridized carbons (Fsp3) is 0.250. The van der Waals surface area contributed by atoms with Crippen molar-refractivity contribution >= 4 is 21.6 Å². The standard InChI is InChI=1S/C16H18BrFN2O/c1-20(10-12-5-3-4-6-14(12)21-2)13-8-7-11(9-19)15(17)16(13)18/h3-8H,9-10,19H2,1-2H3. The van der Waals surface area contributed by atoms with Crippen LogP contribution in [-0.4, -0.2) is 14.2 Å². The predicted molar refractivity (Wildman–Crippen MR) is 87.1 cm³/mol. The Hall–Kier alpha value is -1.59. The van der Waals surface area contributed by atoms with E-state index in [1.807, 2.05) is 42.3 Å². The number of anilines is 1. The van der Waals surface area contributed by atoms with Crippen LogP contribution in [0.2, 0.25) is 0 Å². The molecule has 0 radical (unpaired) electrons. The lowest BCUT2D eigenvalue weighted by molar-refractivity contribution is 0.409. The molecule has 112 valence electrons. The van der Waals surface area contributed by atoms with Crippen molar-refractivity contribution in [1.82, 2.24) is 0 Å². The van der Waals surface area contributed by atoms with E-state index < -0.39 is 0 Å². The van der Waals surface area contributed by atoms with Crippen molar-refractivity contribution in [1.29, 1.82) is 0 Å². The zero-order valence-corrected chi connectivity index (χ0v) is 13.7. The van der Waals surface area contributed by atoms with Crippen molar-refractivity contribution in [3.63, 3.8) is 0 Å². The summed E-state index contributed by atoms with van der Waals surface area (Å²) in [5.41, 5.74) is 7.85. The molecule has 2 aromatic rings. The highest BCUT2D eigenvalue weighted by Gasteiger charge is 2.15. The maximum Gasteiger partial charge on any atom is 0.160 e. The van der Waals surface area contributed by atoms with E-state index in [4.69, 9.17) is 10.5 Å². The van der Waals surface area contributed by atoms with Gasteiger partial charge < -0.3 is 15.4 Å². The molecule has 2 rings (SSSR count). The zero-order valence-electron chi connectivity index (χ0n) is 12.1. The number of nitrogens with two attached hydrogens (primary N) is 1. The van der Waals surface area contributed by atoms with Crippen molar-refractivity contribution < 1.29 is 9.13 Å². The minimum Gasteiger partial charge on any atom is -0.496 e. The van der Waals surface area contributed by atoms with Gasteiger partial charge in [0.1, 0.15) is 5.75 Å². The second kappa shape index (κ2) is 6.91. The third kappa shape index (κ3) is 3.36. The molecule has 21 heavy (non-hydrogen) atoms. The molecule has 0 aliphatic rings. The number of halogens is 2. The first kappa shape index (κ1) is 15.8. The first-order valence-electron chi connectivity index (χ1n) is 6.58. The quantitative estimate of drug-likeness (QED) is 0.891. The molecule has 0 saturated carbocycles. The maximum atomic E-state index is 14.4. The van der Waals surface area contributed by atoms with Crippen LogP contribution >= 0.6 is 15.9 Å². The van der Waals surface area contributed by atoms with Gasteiger partial charge in [0.2, 0.25) is 0 Å². The highest BCUT2D eigenvalue weighted by atomic mass is 79.9. The van der Waals surface area contributed by atoms with Crippen LogP contribution < -0.4 is 15.4 Å². The summed E-state index contributed by atoms with van der Waals surface area (Å²) in [6.45, 7) is 0.851. The molecule has 2 aromatic carbocycles. The summed E-state index contributed by atoms with van der Waals surface area (Å²) in [4.78, 5) is 1.85. The Morgan fingerprint density at radius 1 is 1.19 bits per heavy atom. The van der Waals surface area contributed by atoms with Gasteiger partial charge in [0, 0.05) is 25.7 Å². The molecule has 0 aliphatic heterocycles. The Bertz CT molecular complexity index is 634. The smallest absolute Gasteiger partial charge is 0.160 e. The lowest BCUT2D eigenvalue weighted by Crippen LogP contribution is -2.18. The SMILES string of the molecule is COc1ccccc1CN(C)c1ccc(CN)c(Br)c1F. The molecular formula is C16H18BrFN2O. The Balaban J connectivity index is 2.28. The third-order valence-corrected chi connectivity index (χ3v) is 4.23. The highest BCUT2D eigenvalue weighted by Crippen LogP contribution is 2.30. The van der Waals surface area contributed by atoms with Crippen molar-refractivity contribution in [3.8, 4) is 5.75 Å². The summed E-state index contributed by atoms with van der Waals surface area (Å²) in [6, 6.07) is 11.3. The summed E-state index contributed by atoms with van der Waals surface area (Å²) in [5.74, 6) is 0.498. The summed E-state index contributed by atoms with van der Waals surface area (Å²) in [6.07, 6.45) is 0. The van der Waals surface area contributed by atoms with Gasteiger partial charge >= 0.3 is 0 Å². The first-order chi connectivity index (χ1) is 10.1. The minimum absolute atomic E-state index is 0.296. The molecule has 0 fully saturated rings. The Morgan fingerprint density at radius 3 is 2.57 bits per heavy atom. The third-order valence-electron chi connectivity index (χ3n) is 3.37. The summed E-state index contributed by atoms with van der Waals surface area (Å²) >= 11 is 3.27. The minimum atomic E-state index is -0.296. The van der Waals surface area contributed by atoms with Gasteiger partial charge in [0.25, 0.3) is 0 Å². The molecule has 0 aliphatic carbocycles. The normalized spacial score (nSPS) is 10.5. The van der Waals surface area contributed by atoms with Crippen LogP contribution in [0.3, 0.4) is 0 Å². The van der Waals surface area contributed by atoms with E-state index in [1.165, 1.54) is 0 Å². The van der Waals surface area contributed by atoms with Gasteiger partial charge in [0.15, 0.2) is 5.82 Å². The van der Waals surface area contributed by atoms with Crippen molar-refractivity contribution in [2.45, 2.75) is 13.1 Å². The molecule has 0 spiro atoms. The molecular weight excluding hydrogens is 335 g/mol. The van der Waals surface area contributed by atoms with E-state index in [-0.39, 0.29) is 5.82 Å². The number of para-hydroxylation sites is 1. The molecule has 5 heteroatoms. The van der Waals surface area contributed by atoms with E-state index in [2.05, 4.69) is 15.9 Å². The van der Waals surface area contributed by atoms with E-state index in [9.17, 15) is 4.39 Å². The van der Waals surface area contributed by atoms with Crippen molar-refractivity contribution in [3.05, 3.63) is 57.8 Å². The number of rotatable bonds is 5. The molecule has 0 heterocycles. The van der Waals surface area contributed by atoms with E-state index in [0.717, 1.165) is 16.9 Å². The zero-order chi connectivity index (χ0) is 15.4. The highest BCUT2D eigenvalue weighted by molar-refractivity contribution is 9.10. The van der Waals surface area contributed by atoms with Crippen LogP contribution in [0.1, 0.15) is 11.1 Å². The van der Waals surface area contributed by atoms with Crippen LogP contribution in [0.15, 0.2) is 40.9 Å². The Labute approximate surface area is 132 Å². The molecule has 0 atom stereocenters. The second-order valence-electron chi connectivity index (χ2n) is 4.74. The number of nitrogens with zero attached hydrogens (tertiary/aromatic N) is 1. The van der Waals surface area contributed by atoms with Gasteiger partial charge in [-0.25, -0.2) is 4.39 Å². The maximum absolute atomic E-state index is 14.4. The average Bonchev–Trinajstić information content (AvgIpc) is 2.50. The summed E-state index contributed by atoms with van der Waals surface area (Å²) in [5, 5.41) is 0. The van der Waals surface area contributed by atoms with Crippen LogP contribution in [0.4, 0.5) is 10.1 Å². The van der Waals surface area contributed by atoms with Gasteiger partial charge in [-0.3, -0.25) is 0 Å². The van der Waals surface area contributed by atoms with E-state index in [0.29, 0.717) is 23.2 Å². The summed E-state index contributed by atoms with van der Waals surface area (Å²) in [7, 11) is 3.48. The lowest BCUT2D eigenvalue weighted by atomic mass is 10.1. The number of hydrogen-bond donors (Lipinski definition) is 1. The fourth-order valence-corrected chi connectivity index (χ4v) is 2.70. The molecule has 0 unspecified atom stereocenters. The second-order valence-corrected chi connectivity index (χ2v) is 5.54. The van der Waals surface area contributed by atoms with Gasteiger partial charge in [-0.15, -0.1) is 0 Å².